The maximum atomic E-state index is 11.9. The van der Waals surface area contributed by atoms with Crippen molar-refractivity contribution < 1.29 is 23.4 Å². The van der Waals surface area contributed by atoms with Crippen molar-refractivity contribution in [2.75, 3.05) is 27.9 Å². The Kier molecular flexibility index (Phi) is 5.46. The van der Waals surface area contributed by atoms with E-state index in [0.29, 0.717) is 23.9 Å². The first kappa shape index (κ1) is 18.3. The zero-order valence-corrected chi connectivity index (χ0v) is 15.6. The Labute approximate surface area is 152 Å². The Hall–Kier alpha value is -2.54. The van der Waals surface area contributed by atoms with Crippen LogP contribution in [0.1, 0.15) is 24.3 Å². The predicted octanol–water partition coefficient (Wildman–Crippen LogP) is 2.80. The summed E-state index contributed by atoms with van der Waals surface area (Å²) in [5, 5.41) is 0. The third-order valence-electron chi connectivity index (χ3n) is 4.72. The molecule has 0 unspecified atom stereocenters. The third-order valence-corrected chi connectivity index (χ3v) is 4.72. The number of aryl methyl sites for hydroxylation is 1. The van der Waals surface area contributed by atoms with Crippen LogP contribution in [0.4, 0.5) is 0 Å². The van der Waals surface area contributed by atoms with Gasteiger partial charge in [0.05, 0.1) is 32.6 Å². The second kappa shape index (κ2) is 7.78. The number of oxazole rings is 1. The van der Waals surface area contributed by atoms with E-state index in [1.165, 1.54) is 7.11 Å². The van der Waals surface area contributed by atoms with Crippen LogP contribution < -0.4 is 9.47 Å². The molecule has 7 nitrogen and oxygen atoms in total. The molecule has 2 aromatic rings. The van der Waals surface area contributed by atoms with Gasteiger partial charge in [-0.05, 0) is 44.5 Å². The molecule has 1 aliphatic rings. The van der Waals surface area contributed by atoms with Crippen LogP contribution in [-0.4, -0.2) is 49.8 Å². The van der Waals surface area contributed by atoms with Crippen molar-refractivity contribution in [3.8, 4) is 23.0 Å². The average Bonchev–Trinajstić information content (AvgIpc) is 3.27. The summed E-state index contributed by atoms with van der Waals surface area (Å²) in [6.07, 6.45) is 1.77. The number of methoxy groups -OCH3 is 3. The van der Waals surface area contributed by atoms with Crippen LogP contribution in [0.15, 0.2) is 22.6 Å². The molecule has 0 aliphatic carbocycles. The fourth-order valence-corrected chi connectivity index (χ4v) is 3.28. The van der Waals surface area contributed by atoms with Crippen LogP contribution in [-0.2, 0) is 16.1 Å². The summed E-state index contributed by atoms with van der Waals surface area (Å²) in [4.78, 5) is 18.7. The van der Waals surface area contributed by atoms with E-state index in [1.807, 2.05) is 25.1 Å². The number of aromatic nitrogens is 1. The van der Waals surface area contributed by atoms with Crippen LogP contribution >= 0.6 is 0 Å². The summed E-state index contributed by atoms with van der Waals surface area (Å²) in [6, 6.07) is 5.26. The molecule has 7 heteroatoms. The number of esters is 1. The van der Waals surface area contributed by atoms with Gasteiger partial charge in [0.15, 0.2) is 0 Å². The Balaban J connectivity index is 1.87. The third kappa shape index (κ3) is 3.53. The topological polar surface area (TPSA) is 74.0 Å². The molecule has 0 radical (unpaired) electrons. The predicted molar refractivity (Wildman–Crippen MR) is 95.2 cm³/mol. The van der Waals surface area contributed by atoms with Crippen molar-refractivity contribution in [1.82, 2.24) is 9.88 Å². The van der Waals surface area contributed by atoms with Gasteiger partial charge in [-0.3, -0.25) is 9.69 Å². The Morgan fingerprint density at radius 1 is 1.31 bits per heavy atom. The zero-order valence-electron chi connectivity index (χ0n) is 15.6. The Morgan fingerprint density at radius 3 is 2.81 bits per heavy atom. The first-order valence-electron chi connectivity index (χ1n) is 8.58. The minimum absolute atomic E-state index is 0.196. The standard InChI is InChI=1S/C19H24N2O5/c1-12-15(11-21-9-5-6-16(21)19(22)25-4)20-18(26-12)14-10-13(23-2)7-8-17(14)24-3/h7-8,10,16H,5-6,9,11H2,1-4H3/t16-/m0/s1. The summed E-state index contributed by atoms with van der Waals surface area (Å²) in [7, 11) is 4.64. The fraction of sp³-hybridized carbons (Fsp3) is 0.474. The number of hydrogen-bond donors (Lipinski definition) is 0. The second-order valence-corrected chi connectivity index (χ2v) is 6.24. The molecular formula is C19H24N2O5. The monoisotopic (exact) mass is 360 g/mol. The van der Waals surface area contributed by atoms with Gasteiger partial charge < -0.3 is 18.6 Å². The maximum absolute atomic E-state index is 11.9. The molecule has 0 N–H and O–H groups in total. The normalized spacial score (nSPS) is 17.3. The molecular weight excluding hydrogens is 336 g/mol. The number of benzene rings is 1. The van der Waals surface area contributed by atoms with Crippen molar-refractivity contribution in [2.45, 2.75) is 32.4 Å². The maximum Gasteiger partial charge on any atom is 0.323 e. The van der Waals surface area contributed by atoms with Gasteiger partial charge in [0.1, 0.15) is 23.3 Å². The molecule has 3 rings (SSSR count). The minimum atomic E-state index is -0.217. The molecule has 0 spiro atoms. The fourth-order valence-electron chi connectivity index (χ4n) is 3.28. The van der Waals surface area contributed by atoms with Crippen molar-refractivity contribution in [3.63, 3.8) is 0 Å². The molecule has 1 aliphatic heterocycles. The number of ether oxygens (including phenoxy) is 3. The van der Waals surface area contributed by atoms with Crippen LogP contribution in [0.3, 0.4) is 0 Å². The molecule has 1 aromatic carbocycles. The second-order valence-electron chi connectivity index (χ2n) is 6.24. The van der Waals surface area contributed by atoms with Gasteiger partial charge in [0.2, 0.25) is 5.89 Å². The molecule has 140 valence electrons. The van der Waals surface area contributed by atoms with E-state index in [-0.39, 0.29) is 12.0 Å². The lowest BCUT2D eigenvalue weighted by atomic mass is 10.2. The highest BCUT2D eigenvalue weighted by atomic mass is 16.5. The smallest absolute Gasteiger partial charge is 0.323 e. The highest BCUT2D eigenvalue weighted by Gasteiger charge is 2.32. The van der Waals surface area contributed by atoms with Crippen LogP contribution in [0.5, 0.6) is 11.5 Å². The van der Waals surface area contributed by atoms with Crippen LogP contribution in [0.25, 0.3) is 11.5 Å². The van der Waals surface area contributed by atoms with Crippen molar-refractivity contribution in [2.24, 2.45) is 0 Å². The van der Waals surface area contributed by atoms with Crippen LogP contribution in [0, 0.1) is 6.92 Å². The number of carbonyl (C=O) groups excluding carboxylic acids is 1. The largest absolute Gasteiger partial charge is 0.497 e. The van der Waals surface area contributed by atoms with Gasteiger partial charge in [-0.2, -0.15) is 0 Å². The first-order chi connectivity index (χ1) is 12.6. The van der Waals surface area contributed by atoms with Gasteiger partial charge in [-0.15, -0.1) is 0 Å². The van der Waals surface area contributed by atoms with E-state index in [1.54, 1.807) is 14.2 Å². The van der Waals surface area contributed by atoms with E-state index >= 15 is 0 Å². The van der Waals surface area contributed by atoms with Gasteiger partial charge in [-0.25, -0.2) is 4.98 Å². The molecule has 0 amide bonds. The van der Waals surface area contributed by atoms with E-state index in [2.05, 4.69) is 9.88 Å². The molecule has 0 bridgehead atoms. The SMILES string of the molecule is COC(=O)[C@@H]1CCCN1Cc1nc(-c2cc(OC)ccc2OC)oc1C. The average molecular weight is 360 g/mol. The van der Waals surface area contributed by atoms with Crippen LogP contribution in [0.2, 0.25) is 0 Å². The number of rotatable bonds is 6. The van der Waals surface area contributed by atoms with Gasteiger partial charge in [-0.1, -0.05) is 0 Å². The molecule has 1 fully saturated rings. The number of hydrogen-bond acceptors (Lipinski definition) is 7. The lowest BCUT2D eigenvalue weighted by molar-refractivity contribution is -0.146. The molecule has 1 aromatic heterocycles. The summed E-state index contributed by atoms with van der Waals surface area (Å²) in [5.41, 5.74) is 1.54. The van der Waals surface area contributed by atoms with E-state index in [0.717, 1.165) is 36.4 Å². The molecule has 1 atom stereocenters. The van der Waals surface area contributed by atoms with Crippen molar-refractivity contribution >= 4 is 5.97 Å². The van der Waals surface area contributed by atoms with E-state index in [4.69, 9.17) is 18.6 Å². The summed E-state index contributed by atoms with van der Waals surface area (Å²) in [5.74, 6) is 2.36. The quantitative estimate of drug-likeness (QED) is 0.733. The number of likely N-dealkylation sites (tertiary alicyclic amines) is 1. The Morgan fingerprint density at radius 2 is 2.12 bits per heavy atom. The number of carbonyl (C=O) groups is 1. The zero-order chi connectivity index (χ0) is 18.7. The molecule has 1 saturated heterocycles. The van der Waals surface area contributed by atoms with Crippen molar-refractivity contribution in [3.05, 3.63) is 29.7 Å². The Bertz CT molecular complexity index is 786. The van der Waals surface area contributed by atoms with Gasteiger partial charge >= 0.3 is 5.97 Å². The van der Waals surface area contributed by atoms with E-state index in [9.17, 15) is 4.79 Å². The first-order valence-corrected chi connectivity index (χ1v) is 8.58. The highest BCUT2D eigenvalue weighted by Crippen LogP contribution is 2.34. The minimum Gasteiger partial charge on any atom is -0.497 e. The summed E-state index contributed by atoms with van der Waals surface area (Å²) < 4.78 is 21.5. The number of nitrogens with zero attached hydrogens (tertiary/aromatic N) is 2. The molecule has 0 saturated carbocycles. The summed E-state index contributed by atoms with van der Waals surface area (Å²) >= 11 is 0. The van der Waals surface area contributed by atoms with Crippen molar-refractivity contribution in [1.29, 1.82) is 0 Å². The highest BCUT2D eigenvalue weighted by molar-refractivity contribution is 5.76. The van der Waals surface area contributed by atoms with Gasteiger partial charge in [0.25, 0.3) is 0 Å². The lowest BCUT2D eigenvalue weighted by Crippen LogP contribution is -2.36. The van der Waals surface area contributed by atoms with E-state index < -0.39 is 0 Å². The summed E-state index contributed by atoms with van der Waals surface area (Å²) in [6.45, 7) is 3.26. The molecule has 26 heavy (non-hydrogen) atoms. The molecule has 2 heterocycles. The lowest BCUT2D eigenvalue weighted by Gasteiger charge is -2.21. The van der Waals surface area contributed by atoms with Gasteiger partial charge in [0, 0.05) is 6.54 Å².